The van der Waals surface area contributed by atoms with Gasteiger partial charge in [-0.25, -0.2) is 4.98 Å². The highest BCUT2D eigenvalue weighted by atomic mass is 32.1. The van der Waals surface area contributed by atoms with Gasteiger partial charge in [-0.2, -0.15) is 0 Å². The zero-order chi connectivity index (χ0) is 22.5. The van der Waals surface area contributed by atoms with Crippen LogP contribution in [-0.2, 0) is 6.54 Å². The van der Waals surface area contributed by atoms with E-state index in [1.54, 1.807) is 0 Å². The summed E-state index contributed by atoms with van der Waals surface area (Å²) in [5.41, 5.74) is 4.49. The van der Waals surface area contributed by atoms with Crippen molar-refractivity contribution in [3.63, 3.8) is 0 Å². The van der Waals surface area contributed by atoms with Gasteiger partial charge >= 0.3 is 0 Å². The van der Waals surface area contributed by atoms with E-state index in [0.29, 0.717) is 11.5 Å². The van der Waals surface area contributed by atoms with Crippen LogP contribution < -0.4 is 10.1 Å². The largest absolute Gasteiger partial charge is 0.493 e. The third-order valence-corrected chi connectivity index (χ3v) is 6.62. The highest BCUT2D eigenvalue weighted by molar-refractivity contribution is 7.12. The van der Waals surface area contributed by atoms with Gasteiger partial charge in [0.25, 0.3) is 5.91 Å². The van der Waals surface area contributed by atoms with Crippen molar-refractivity contribution in [1.82, 2.24) is 14.9 Å². The zero-order valence-corrected chi connectivity index (χ0v) is 19.6. The van der Waals surface area contributed by atoms with Crippen LogP contribution in [0.2, 0.25) is 0 Å². The van der Waals surface area contributed by atoms with Gasteiger partial charge in [-0.3, -0.25) is 4.79 Å². The van der Waals surface area contributed by atoms with Crippen LogP contribution >= 0.6 is 11.3 Å². The Kier molecular flexibility index (Phi) is 6.90. The Morgan fingerprint density at radius 3 is 2.75 bits per heavy atom. The van der Waals surface area contributed by atoms with E-state index in [4.69, 9.17) is 9.72 Å². The summed E-state index contributed by atoms with van der Waals surface area (Å²) < 4.78 is 8.24. The van der Waals surface area contributed by atoms with Gasteiger partial charge in [0.15, 0.2) is 0 Å². The van der Waals surface area contributed by atoms with Crippen molar-refractivity contribution in [2.45, 2.75) is 46.2 Å². The molecule has 0 bridgehead atoms. The van der Waals surface area contributed by atoms with Crippen LogP contribution in [0.15, 0.2) is 60.0 Å². The Bertz CT molecular complexity index is 1200. The Labute approximate surface area is 193 Å². The summed E-state index contributed by atoms with van der Waals surface area (Å²) in [5.74, 6) is 1.78. The maximum atomic E-state index is 12.5. The van der Waals surface area contributed by atoms with E-state index in [1.165, 1.54) is 22.5 Å². The number of rotatable bonds is 9. The number of nitrogens with one attached hydrogen (secondary N) is 1. The summed E-state index contributed by atoms with van der Waals surface area (Å²) in [5, 5.41) is 5.01. The first kappa shape index (κ1) is 22.1. The Morgan fingerprint density at radius 1 is 1.09 bits per heavy atom. The van der Waals surface area contributed by atoms with Gasteiger partial charge in [-0.15, -0.1) is 11.3 Å². The number of carbonyl (C=O) groups is 1. The fraction of sp³-hybridized carbons (Fsp3) is 0.308. The van der Waals surface area contributed by atoms with Crippen molar-refractivity contribution in [3.05, 3.63) is 81.8 Å². The van der Waals surface area contributed by atoms with Gasteiger partial charge in [-0.05, 0) is 74.4 Å². The molecular formula is C26H29N3O2S. The first-order valence-corrected chi connectivity index (χ1v) is 11.9. The van der Waals surface area contributed by atoms with E-state index in [-0.39, 0.29) is 11.9 Å². The maximum Gasteiger partial charge on any atom is 0.261 e. The van der Waals surface area contributed by atoms with Crippen molar-refractivity contribution in [2.24, 2.45) is 0 Å². The lowest BCUT2D eigenvalue weighted by Gasteiger charge is -2.16. The molecule has 2 aromatic carbocycles. The number of aromatic nitrogens is 2. The van der Waals surface area contributed by atoms with Crippen molar-refractivity contribution >= 4 is 28.3 Å². The molecule has 4 aromatic rings. The Hall–Kier alpha value is -3.12. The second-order valence-corrected chi connectivity index (χ2v) is 8.98. The van der Waals surface area contributed by atoms with Crippen molar-refractivity contribution in [1.29, 1.82) is 0 Å². The van der Waals surface area contributed by atoms with Crippen LogP contribution in [0, 0.1) is 13.8 Å². The average molecular weight is 448 g/mol. The van der Waals surface area contributed by atoms with E-state index >= 15 is 0 Å². The minimum Gasteiger partial charge on any atom is -0.493 e. The smallest absolute Gasteiger partial charge is 0.261 e. The molecule has 0 aliphatic rings. The summed E-state index contributed by atoms with van der Waals surface area (Å²) in [7, 11) is 0. The van der Waals surface area contributed by atoms with Crippen LogP contribution in [0.1, 0.15) is 52.4 Å². The molecule has 32 heavy (non-hydrogen) atoms. The second kappa shape index (κ2) is 10.0. The van der Waals surface area contributed by atoms with Crippen LogP contribution in [0.5, 0.6) is 5.75 Å². The van der Waals surface area contributed by atoms with E-state index < -0.39 is 0 Å². The molecule has 0 radical (unpaired) electrons. The lowest BCUT2D eigenvalue weighted by atomic mass is 10.1. The summed E-state index contributed by atoms with van der Waals surface area (Å²) in [4.78, 5) is 18.1. The van der Waals surface area contributed by atoms with E-state index in [9.17, 15) is 4.79 Å². The van der Waals surface area contributed by atoms with Crippen LogP contribution in [0.4, 0.5) is 0 Å². The normalized spacial score (nSPS) is 12.1. The number of thiophene rings is 1. The first-order valence-electron chi connectivity index (χ1n) is 11.0. The molecule has 1 amide bonds. The number of benzene rings is 2. The van der Waals surface area contributed by atoms with Gasteiger partial charge in [0.1, 0.15) is 11.6 Å². The number of para-hydroxylation sites is 2. The number of hydrogen-bond acceptors (Lipinski definition) is 4. The number of ether oxygens (including phenoxy) is 1. The predicted octanol–water partition coefficient (Wildman–Crippen LogP) is 6.06. The molecule has 0 saturated carbocycles. The Morgan fingerprint density at radius 2 is 1.94 bits per heavy atom. The third kappa shape index (κ3) is 4.86. The molecule has 5 nitrogen and oxygen atoms in total. The summed E-state index contributed by atoms with van der Waals surface area (Å²) in [6.07, 6.45) is 1.90. The summed E-state index contributed by atoms with van der Waals surface area (Å²) in [6, 6.07) is 17.8. The number of carbonyl (C=O) groups excluding carboxylic acids is 1. The molecule has 0 spiro atoms. The van der Waals surface area contributed by atoms with E-state index in [0.717, 1.165) is 42.0 Å². The van der Waals surface area contributed by atoms with Crippen molar-refractivity contribution in [3.8, 4) is 5.75 Å². The quantitative estimate of drug-likeness (QED) is 0.317. The monoisotopic (exact) mass is 447 g/mol. The molecule has 6 heteroatoms. The van der Waals surface area contributed by atoms with Gasteiger partial charge < -0.3 is 14.6 Å². The lowest BCUT2D eigenvalue weighted by molar-refractivity contribution is 0.0941. The SMILES string of the molecule is Cc1cccc(OCCCCn2c(C(C)NC(=O)c3cccs3)nc3ccccc32)c1C. The van der Waals surface area contributed by atoms with E-state index in [1.807, 2.05) is 54.8 Å². The minimum atomic E-state index is -0.191. The molecule has 0 aliphatic carbocycles. The van der Waals surface area contributed by atoms with Crippen LogP contribution in [0.25, 0.3) is 11.0 Å². The van der Waals surface area contributed by atoms with E-state index in [2.05, 4.69) is 35.9 Å². The number of amides is 1. The molecule has 4 rings (SSSR count). The average Bonchev–Trinajstić information content (AvgIpc) is 3.45. The number of hydrogen-bond donors (Lipinski definition) is 1. The van der Waals surface area contributed by atoms with Crippen molar-refractivity contribution in [2.75, 3.05) is 6.61 Å². The van der Waals surface area contributed by atoms with Gasteiger partial charge in [0.05, 0.1) is 28.6 Å². The molecule has 0 saturated heterocycles. The molecule has 0 aliphatic heterocycles. The molecular weight excluding hydrogens is 418 g/mol. The molecule has 2 heterocycles. The first-order chi connectivity index (χ1) is 15.5. The molecule has 2 aromatic heterocycles. The fourth-order valence-electron chi connectivity index (χ4n) is 3.83. The van der Waals surface area contributed by atoms with Gasteiger partial charge in [0.2, 0.25) is 0 Å². The lowest BCUT2D eigenvalue weighted by Crippen LogP contribution is -2.28. The molecule has 1 unspecified atom stereocenters. The maximum absolute atomic E-state index is 12.5. The van der Waals surface area contributed by atoms with Gasteiger partial charge in [0, 0.05) is 6.54 Å². The zero-order valence-electron chi connectivity index (χ0n) is 18.8. The standard InChI is InChI=1S/C26H29N3O2S/c1-18-10-8-13-23(19(18)2)31-16-7-6-15-29-22-12-5-4-11-21(22)28-25(29)20(3)27-26(30)24-14-9-17-32-24/h4-5,8-14,17,20H,6-7,15-16H2,1-3H3,(H,27,30). The third-order valence-electron chi connectivity index (χ3n) is 5.75. The minimum absolute atomic E-state index is 0.0620. The number of fused-ring (bicyclic) bond motifs is 1. The number of aryl methyl sites for hydroxylation is 2. The number of nitrogens with zero attached hydrogens (tertiary/aromatic N) is 2. The highest BCUT2D eigenvalue weighted by Crippen LogP contribution is 2.23. The predicted molar refractivity (Wildman–Crippen MR) is 131 cm³/mol. The van der Waals surface area contributed by atoms with Gasteiger partial charge in [-0.1, -0.05) is 30.3 Å². The Balaban J connectivity index is 1.42. The highest BCUT2D eigenvalue weighted by Gasteiger charge is 2.19. The summed E-state index contributed by atoms with van der Waals surface area (Å²) in [6.45, 7) is 7.70. The number of unbranched alkanes of at least 4 members (excludes halogenated alkanes) is 1. The molecule has 1 atom stereocenters. The molecule has 166 valence electrons. The topological polar surface area (TPSA) is 56.1 Å². The molecule has 1 N–H and O–H groups in total. The molecule has 0 fully saturated rings. The van der Waals surface area contributed by atoms with Crippen LogP contribution in [-0.4, -0.2) is 22.1 Å². The second-order valence-electron chi connectivity index (χ2n) is 8.04. The van der Waals surface area contributed by atoms with Crippen molar-refractivity contribution < 1.29 is 9.53 Å². The number of imidazole rings is 1. The summed E-state index contributed by atoms with van der Waals surface area (Å²) >= 11 is 1.44. The fourth-order valence-corrected chi connectivity index (χ4v) is 4.46. The van der Waals surface area contributed by atoms with Crippen LogP contribution in [0.3, 0.4) is 0 Å².